The third-order valence-electron chi connectivity index (χ3n) is 2.80. The number of carbonyl (C=O) groups is 1. The molecule has 0 radical (unpaired) electrons. The second kappa shape index (κ2) is 6.14. The summed E-state index contributed by atoms with van der Waals surface area (Å²) in [6, 6.07) is 11.4. The van der Waals surface area contributed by atoms with Gasteiger partial charge in [-0.25, -0.2) is 8.78 Å². The SMILES string of the molecule is O=C(O)C(COc1ccc(F)cc1F)c1ccccc1. The zero-order chi connectivity index (χ0) is 14.5. The quantitative estimate of drug-likeness (QED) is 0.913. The molecule has 1 N–H and O–H groups in total. The smallest absolute Gasteiger partial charge is 0.314 e. The van der Waals surface area contributed by atoms with Gasteiger partial charge in [-0.15, -0.1) is 0 Å². The molecular formula is C15H12F2O3. The zero-order valence-corrected chi connectivity index (χ0v) is 10.4. The zero-order valence-electron chi connectivity index (χ0n) is 10.4. The molecule has 0 bridgehead atoms. The van der Waals surface area contributed by atoms with Crippen LogP contribution in [0.1, 0.15) is 11.5 Å². The van der Waals surface area contributed by atoms with Crippen molar-refractivity contribution in [3.63, 3.8) is 0 Å². The van der Waals surface area contributed by atoms with Crippen LogP contribution in [0.15, 0.2) is 48.5 Å². The molecule has 0 aromatic heterocycles. The van der Waals surface area contributed by atoms with Crippen LogP contribution in [0, 0.1) is 11.6 Å². The molecule has 5 heteroatoms. The van der Waals surface area contributed by atoms with Gasteiger partial charge in [0.1, 0.15) is 18.3 Å². The molecule has 0 aliphatic rings. The fraction of sp³-hybridized carbons (Fsp3) is 0.133. The van der Waals surface area contributed by atoms with Gasteiger partial charge in [0.15, 0.2) is 11.6 Å². The normalized spacial score (nSPS) is 11.9. The van der Waals surface area contributed by atoms with Crippen molar-refractivity contribution >= 4 is 5.97 Å². The van der Waals surface area contributed by atoms with Crippen molar-refractivity contribution in [3.05, 3.63) is 65.7 Å². The maximum absolute atomic E-state index is 13.4. The molecule has 0 saturated heterocycles. The average molecular weight is 278 g/mol. The number of carboxylic acid groups (broad SMARTS) is 1. The maximum Gasteiger partial charge on any atom is 0.314 e. The second-order valence-corrected chi connectivity index (χ2v) is 4.19. The molecule has 0 aliphatic heterocycles. The van der Waals surface area contributed by atoms with E-state index in [1.54, 1.807) is 30.3 Å². The molecule has 2 aromatic rings. The summed E-state index contributed by atoms with van der Waals surface area (Å²) in [5.74, 6) is -3.73. The van der Waals surface area contributed by atoms with Crippen LogP contribution in [0.4, 0.5) is 8.78 Å². The molecule has 20 heavy (non-hydrogen) atoms. The molecule has 3 nitrogen and oxygen atoms in total. The Hall–Kier alpha value is -2.43. The van der Waals surface area contributed by atoms with E-state index in [1.165, 1.54) is 0 Å². The summed E-state index contributed by atoms with van der Waals surface area (Å²) in [5, 5.41) is 9.18. The van der Waals surface area contributed by atoms with Crippen LogP contribution < -0.4 is 4.74 Å². The van der Waals surface area contributed by atoms with Crippen molar-refractivity contribution in [2.45, 2.75) is 5.92 Å². The Morgan fingerprint density at radius 3 is 2.45 bits per heavy atom. The predicted octanol–water partition coefficient (Wildman–Crippen LogP) is 3.21. The van der Waals surface area contributed by atoms with Gasteiger partial charge in [-0.2, -0.15) is 0 Å². The summed E-state index contributed by atoms with van der Waals surface area (Å²) in [4.78, 5) is 11.2. The van der Waals surface area contributed by atoms with Crippen molar-refractivity contribution in [3.8, 4) is 5.75 Å². The molecular weight excluding hydrogens is 266 g/mol. The summed E-state index contributed by atoms with van der Waals surface area (Å²) in [6.45, 7) is -0.234. The van der Waals surface area contributed by atoms with Gasteiger partial charge in [-0.3, -0.25) is 4.79 Å². The lowest BCUT2D eigenvalue weighted by molar-refractivity contribution is -0.139. The van der Waals surface area contributed by atoms with E-state index in [-0.39, 0.29) is 12.4 Å². The molecule has 0 saturated carbocycles. The van der Waals surface area contributed by atoms with Crippen molar-refractivity contribution in [2.24, 2.45) is 0 Å². The van der Waals surface area contributed by atoms with Crippen LogP contribution in [0.3, 0.4) is 0 Å². The van der Waals surface area contributed by atoms with Crippen LogP contribution in [0.25, 0.3) is 0 Å². The Labute approximate surface area is 114 Å². The van der Waals surface area contributed by atoms with Crippen molar-refractivity contribution in [1.29, 1.82) is 0 Å². The largest absolute Gasteiger partial charge is 0.489 e. The van der Waals surface area contributed by atoms with E-state index < -0.39 is 23.5 Å². The van der Waals surface area contributed by atoms with Crippen LogP contribution in [-0.4, -0.2) is 17.7 Å². The summed E-state index contributed by atoms with van der Waals surface area (Å²) >= 11 is 0. The van der Waals surface area contributed by atoms with E-state index in [0.29, 0.717) is 11.6 Å². The fourth-order valence-electron chi connectivity index (χ4n) is 1.76. The molecule has 0 amide bonds. The van der Waals surface area contributed by atoms with Crippen molar-refractivity contribution in [2.75, 3.05) is 6.61 Å². The highest BCUT2D eigenvalue weighted by Gasteiger charge is 2.21. The number of carboxylic acids is 1. The topological polar surface area (TPSA) is 46.5 Å². The minimum atomic E-state index is -1.07. The Balaban J connectivity index is 2.12. The average Bonchev–Trinajstić information content (AvgIpc) is 2.42. The molecule has 0 heterocycles. The Bertz CT molecular complexity index is 599. The van der Waals surface area contributed by atoms with Crippen molar-refractivity contribution in [1.82, 2.24) is 0 Å². The van der Waals surface area contributed by atoms with E-state index in [1.807, 2.05) is 0 Å². The lowest BCUT2D eigenvalue weighted by atomic mass is 10.0. The van der Waals surface area contributed by atoms with E-state index >= 15 is 0 Å². The summed E-state index contributed by atoms with van der Waals surface area (Å²) in [6.07, 6.45) is 0. The van der Waals surface area contributed by atoms with Gasteiger partial charge in [0.2, 0.25) is 0 Å². The lowest BCUT2D eigenvalue weighted by Crippen LogP contribution is -2.19. The first-order chi connectivity index (χ1) is 9.58. The van der Waals surface area contributed by atoms with E-state index in [9.17, 15) is 18.7 Å². The number of benzene rings is 2. The summed E-state index contributed by atoms with van der Waals surface area (Å²) < 4.78 is 31.3. The first-order valence-corrected chi connectivity index (χ1v) is 5.93. The summed E-state index contributed by atoms with van der Waals surface area (Å²) in [5.41, 5.74) is 0.558. The fourth-order valence-corrected chi connectivity index (χ4v) is 1.76. The van der Waals surface area contributed by atoms with Gasteiger partial charge in [-0.1, -0.05) is 30.3 Å². The Morgan fingerprint density at radius 2 is 1.85 bits per heavy atom. The molecule has 0 aliphatic carbocycles. The molecule has 0 fully saturated rings. The number of hydrogen-bond acceptors (Lipinski definition) is 2. The maximum atomic E-state index is 13.4. The number of halogens is 2. The highest BCUT2D eigenvalue weighted by molar-refractivity contribution is 5.76. The third-order valence-corrected chi connectivity index (χ3v) is 2.80. The number of hydrogen-bond donors (Lipinski definition) is 1. The standard InChI is InChI=1S/C15H12F2O3/c16-11-6-7-14(13(17)8-11)20-9-12(15(18)19)10-4-2-1-3-5-10/h1-8,12H,9H2,(H,18,19). The molecule has 1 atom stereocenters. The van der Waals surface area contributed by atoms with Crippen LogP contribution in [0.2, 0.25) is 0 Å². The Kier molecular flexibility index (Phi) is 4.30. The molecule has 2 aromatic carbocycles. The van der Waals surface area contributed by atoms with Gasteiger partial charge >= 0.3 is 5.97 Å². The van der Waals surface area contributed by atoms with Gasteiger partial charge in [0, 0.05) is 6.07 Å². The van der Waals surface area contributed by atoms with Crippen molar-refractivity contribution < 1.29 is 23.4 Å². The highest BCUT2D eigenvalue weighted by Crippen LogP contribution is 2.21. The van der Waals surface area contributed by atoms with Crippen LogP contribution >= 0.6 is 0 Å². The van der Waals surface area contributed by atoms with Gasteiger partial charge in [-0.05, 0) is 17.7 Å². The highest BCUT2D eigenvalue weighted by atomic mass is 19.1. The van der Waals surface area contributed by atoms with E-state index in [2.05, 4.69) is 0 Å². The first-order valence-electron chi connectivity index (χ1n) is 5.93. The van der Waals surface area contributed by atoms with Gasteiger partial charge < -0.3 is 9.84 Å². The minimum Gasteiger partial charge on any atom is -0.489 e. The molecule has 2 rings (SSSR count). The number of aliphatic carboxylic acids is 1. The van der Waals surface area contributed by atoms with E-state index in [0.717, 1.165) is 12.1 Å². The van der Waals surface area contributed by atoms with Crippen LogP contribution in [-0.2, 0) is 4.79 Å². The second-order valence-electron chi connectivity index (χ2n) is 4.19. The van der Waals surface area contributed by atoms with Gasteiger partial charge in [0.25, 0.3) is 0 Å². The Morgan fingerprint density at radius 1 is 1.15 bits per heavy atom. The monoisotopic (exact) mass is 278 g/mol. The predicted molar refractivity (Wildman–Crippen MR) is 68.7 cm³/mol. The minimum absolute atomic E-state index is 0.173. The number of rotatable bonds is 5. The van der Waals surface area contributed by atoms with Gasteiger partial charge in [0.05, 0.1) is 0 Å². The first kappa shape index (κ1) is 14.0. The third kappa shape index (κ3) is 3.32. The molecule has 0 spiro atoms. The molecule has 104 valence electrons. The van der Waals surface area contributed by atoms with E-state index in [4.69, 9.17) is 4.74 Å². The molecule has 1 unspecified atom stereocenters. The lowest BCUT2D eigenvalue weighted by Gasteiger charge is -2.14. The summed E-state index contributed by atoms with van der Waals surface area (Å²) in [7, 11) is 0. The number of ether oxygens (including phenoxy) is 1. The van der Waals surface area contributed by atoms with Crippen LogP contribution in [0.5, 0.6) is 5.75 Å².